The van der Waals surface area contributed by atoms with Crippen molar-refractivity contribution >= 4 is 17.3 Å². The second-order valence-electron chi connectivity index (χ2n) is 3.20. The minimum absolute atomic E-state index is 0.0753. The van der Waals surface area contributed by atoms with Gasteiger partial charge >= 0.3 is 0 Å². The fourth-order valence-corrected chi connectivity index (χ4v) is 1.01. The molecule has 0 heterocycles. The van der Waals surface area contributed by atoms with E-state index in [9.17, 15) is 19.3 Å². The van der Waals surface area contributed by atoms with Crippen LogP contribution in [0, 0.1) is 15.9 Å². The lowest BCUT2D eigenvalue weighted by Crippen LogP contribution is -2.32. The molecule has 0 unspecified atom stereocenters. The zero-order valence-electron chi connectivity index (χ0n) is 8.44. The Bertz CT molecular complexity index is 434. The van der Waals surface area contributed by atoms with Gasteiger partial charge in [0.15, 0.2) is 0 Å². The lowest BCUT2D eigenvalue weighted by Gasteiger charge is -2.07. The summed E-state index contributed by atoms with van der Waals surface area (Å²) in [5.41, 5.74) is 4.70. The second kappa shape index (κ2) is 4.67. The van der Waals surface area contributed by atoms with Crippen LogP contribution in [0.4, 0.5) is 15.8 Å². The maximum Gasteiger partial charge on any atom is 0.295 e. The summed E-state index contributed by atoms with van der Waals surface area (Å²) in [6, 6.07) is 2.07. The molecule has 1 atom stereocenters. The van der Waals surface area contributed by atoms with E-state index < -0.39 is 28.4 Å². The normalized spacial score (nSPS) is 11.9. The highest BCUT2D eigenvalue weighted by atomic mass is 19.1. The SMILES string of the molecule is C[C@H](N)C(=O)Nc1ccc(F)cc1[N+](=O)[O-]. The van der Waals surface area contributed by atoms with Gasteiger partial charge in [0.25, 0.3) is 5.69 Å². The van der Waals surface area contributed by atoms with E-state index in [4.69, 9.17) is 5.73 Å². The van der Waals surface area contributed by atoms with Gasteiger partial charge in [-0.25, -0.2) is 4.39 Å². The first-order chi connectivity index (χ1) is 7.41. The Hall–Kier alpha value is -2.02. The number of nitro groups is 1. The zero-order valence-corrected chi connectivity index (χ0v) is 8.44. The molecule has 0 aliphatic heterocycles. The van der Waals surface area contributed by atoms with E-state index >= 15 is 0 Å². The van der Waals surface area contributed by atoms with Crippen molar-refractivity contribution in [2.45, 2.75) is 13.0 Å². The first kappa shape index (κ1) is 12.1. The van der Waals surface area contributed by atoms with E-state index in [1.165, 1.54) is 6.92 Å². The molecule has 3 N–H and O–H groups in total. The number of nitrogens with zero attached hydrogens (tertiary/aromatic N) is 1. The van der Waals surface area contributed by atoms with Crippen molar-refractivity contribution in [3.8, 4) is 0 Å². The van der Waals surface area contributed by atoms with Crippen molar-refractivity contribution < 1.29 is 14.1 Å². The number of amides is 1. The third-order valence-corrected chi connectivity index (χ3v) is 1.83. The molecule has 1 aromatic rings. The van der Waals surface area contributed by atoms with Gasteiger partial charge < -0.3 is 11.1 Å². The van der Waals surface area contributed by atoms with Crippen LogP contribution >= 0.6 is 0 Å². The fraction of sp³-hybridized carbons (Fsp3) is 0.222. The number of carbonyl (C=O) groups excluding carboxylic acids is 1. The Morgan fingerprint density at radius 2 is 2.25 bits per heavy atom. The Labute approximate surface area is 90.4 Å². The van der Waals surface area contributed by atoms with Crippen molar-refractivity contribution in [1.29, 1.82) is 0 Å². The van der Waals surface area contributed by atoms with Gasteiger partial charge in [0.05, 0.1) is 17.0 Å². The number of nitrogens with two attached hydrogens (primary N) is 1. The number of hydrogen-bond donors (Lipinski definition) is 2. The molecule has 1 rings (SSSR count). The summed E-state index contributed by atoms with van der Waals surface area (Å²) in [5, 5.41) is 12.8. The minimum atomic E-state index is -0.801. The van der Waals surface area contributed by atoms with Gasteiger partial charge in [0.1, 0.15) is 11.5 Å². The predicted molar refractivity (Wildman–Crippen MR) is 55.3 cm³/mol. The summed E-state index contributed by atoms with van der Waals surface area (Å²) in [6.07, 6.45) is 0. The average molecular weight is 227 g/mol. The molecule has 0 bridgehead atoms. The van der Waals surface area contributed by atoms with Gasteiger partial charge in [0, 0.05) is 0 Å². The number of anilines is 1. The van der Waals surface area contributed by atoms with Crippen LogP contribution in [0.1, 0.15) is 6.92 Å². The molecular formula is C9H10FN3O3. The first-order valence-electron chi connectivity index (χ1n) is 4.42. The van der Waals surface area contributed by atoms with Gasteiger partial charge in [-0.05, 0) is 19.1 Å². The van der Waals surface area contributed by atoms with E-state index in [0.717, 1.165) is 18.2 Å². The summed E-state index contributed by atoms with van der Waals surface area (Å²) in [5.74, 6) is -1.32. The lowest BCUT2D eigenvalue weighted by atomic mass is 10.2. The first-order valence-corrected chi connectivity index (χ1v) is 4.42. The highest BCUT2D eigenvalue weighted by Crippen LogP contribution is 2.24. The maximum atomic E-state index is 12.8. The highest BCUT2D eigenvalue weighted by molar-refractivity contribution is 5.96. The number of halogens is 1. The van der Waals surface area contributed by atoms with Crippen LogP contribution in [0.15, 0.2) is 18.2 Å². The molecule has 86 valence electrons. The standard InChI is InChI=1S/C9H10FN3O3/c1-5(11)9(14)12-7-3-2-6(10)4-8(7)13(15)16/h2-5H,11H2,1H3,(H,12,14)/t5-/m0/s1. The molecular weight excluding hydrogens is 217 g/mol. The number of nitro benzene ring substituents is 1. The quantitative estimate of drug-likeness (QED) is 0.594. The second-order valence-corrected chi connectivity index (χ2v) is 3.20. The summed E-state index contributed by atoms with van der Waals surface area (Å²) >= 11 is 0. The predicted octanol–water partition coefficient (Wildman–Crippen LogP) is 1.02. The van der Waals surface area contributed by atoms with E-state index in [1.54, 1.807) is 0 Å². The summed E-state index contributed by atoms with van der Waals surface area (Å²) in [4.78, 5) is 21.0. The number of benzene rings is 1. The van der Waals surface area contributed by atoms with E-state index in [0.29, 0.717) is 0 Å². The molecule has 0 fully saturated rings. The lowest BCUT2D eigenvalue weighted by molar-refractivity contribution is -0.384. The Morgan fingerprint density at radius 1 is 1.62 bits per heavy atom. The average Bonchev–Trinajstić information content (AvgIpc) is 2.20. The van der Waals surface area contributed by atoms with Crippen LogP contribution < -0.4 is 11.1 Å². The van der Waals surface area contributed by atoms with Gasteiger partial charge in [-0.2, -0.15) is 0 Å². The summed E-state index contributed by atoms with van der Waals surface area (Å²) in [7, 11) is 0. The number of carbonyl (C=O) groups is 1. The van der Waals surface area contributed by atoms with Crippen molar-refractivity contribution in [3.63, 3.8) is 0 Å². The fourth-order valence-electron chi connectivity index (χ4n) is 1.01. The maximum absolute atomic E-state index is 12.8. The van der Waals surface area contributed by atoms with Crippen LogP contribution in [0.25, 0.3) is 0 Å². The topological polar surface area (TPSA) is 98.3 Å². The largest absolute Gasteiger partial charge is 0.320 e. The third-order valence-electron chi connectivity index (χ3n) is 1.83. The molecule has 0 aliphatic carbocycles. The smallest absolute Gasteiger partial charge is 0.295 e. The Balaban J connectivity index is 3.04. The summed E-state index contributed by atoms with van der Waals surface area (Å²) < 4.78 is 12.8. The van der Waals surface area contributed by atoms with Crippen LogP contribution in [0.3, 0.4) is 0 Å². The van der Waals surface area contributed by atoms with Gasteiger partial charge in [-0.15, -0.1) is 0 Å². The number of rotatable bonds is 3. The van der Waals surface area contributed by atoms with Crippen LogP contribution in [0.2, 0.25) is 0 Å². The van der Waals surface area contributed by atoms with E-state index in [2.05, 4.69) is 5.32 Å². The molecule has 1 aromatic carbocycles. The molecule has 6 nitrogen and oxygen atoms in total. The van der Waals surface area contributed by atoms with Gasteiger partial charge in [-0.3, -0.25) is 14.9 Å². The highest BCUT2D eigenvalue weighted by Gasteiger charge is 2.18. The monoisotopic (exact) mass is 227 g/mol. The van der Waals surface area contributed by atoms with Crippen molar-refractivity contribution in [1.82, 2.24) is 0 Å². The zero-order chi connectivity index (χ0) is 12.3. The third kappa shape index (κ3) is 2.74. The molecule has 0 aliphatic rings. The minimum Gasteiger partial charge on any atom is -0.320 e. The number of hydrogen-bond acceptors (Lipinski definition) is 4. The molecule has 0 radical (unpaired) electrons. The summed E-state index contributed by atoms with van der Waals surface area (Å²) in [6.45, 7) is 1.44. The molecule has 0 saturated carbocycles. The van der Waals surface area contributed by atoms with E-state index in [1.807, 2.05) is 0 Å². The van der Waals surface area contributed by atoms with Crippen molar-refractivity contribution in [3.05, 3.63) is 34.1 Å². The molecule has 0 aromatic heterocycles. The van der Waals surface area contributed by atoms with Crippen molar-refractivity contribution in [2.75, 3.05) is 5.32 Å². The number of nitrogens with one attached hydrogen (secondary N) is 1. The van der Waals surface area contributed by atoms with Crippen LogP contribution in [-0.4, -0.2) is 16.9 Å². The molecule has 1 amide bonds. The van der Waals surface area contributed by atoms with Gasteiger partial charge in [0.2, 0.25) is 5.91 Å². The molecule has 16 heavy (non-hydrogen) atoms. The van der Waals surface area contributed by atoms with Crippen LogP contribution in [-0.2, 0) is 4.79 Å². The molecule has 0 saturated heterocycles. The van der Waals surface area contributed by atoms with Gasteiger partial charge in [-0.1, -0.05) is 0 Å². The molecule has 0 spiro atoms. The van der Waals surface area contributed by atoms with Crippen LogP contribution in [0.5, 0.6) is 0 Å². The molecule has 7 heteroatoms. The Morgan fingerprint density at radius 3 is 2.75 bits per heavy atom. The van der Waals surface area contributed by atoms with Crippen molar-refractivity contribution in [2.24, 2.45) is 5.73 Å². The van der Waals surface area contributed by atoms with E-state index in [-0.39, 0.29) is 5.69 Å². The Kier molecular flexibility index (Phi) is 3.51.